The van der Waals surface area contributed by atoms with Gasteiger partial charge in [-0.05, 0) is 30.5 Å². The molecule has 1 rings (SSSR count). The Bertz CT molecular complexity index is 680. The van der Waals surface area contributed by atoms with E-state index in [0.29, 0.717) is 12.0 Å². The first-order valence-corrected chi connectivity index (χ1v) is 8.63. The van der Waals surface area contributed by atoms with E-state index in [9.17, 15) is 30.0 Å². The summed E-state index contributed by atoms with van der Waals surface area (Å²) >= 11 is 0. The summed E-state index contributed by atoms with van der Waals surface area (Å²) in [6.07, 6.45) is 0.558. The van der Waals surface area contributed by atoms with Crippen LogP contribution in [0.25, 0.3) is 0 Å². The van der Waals surface area contributed by atoms with Gasteiger partial charge in [0.1, 0.15) is 5.75 Å². The Morgan fingerprint density at radius 2 is 1.57 bits per heavy atom. The molecule has 0 radical (unpaired) electrons. The standard InChI is InChI=1S/C10H12F3NO5S2/c11-10(12,13)21(17,18)19-9-5-3-8(4-6-9)2-1-7-20(14,15)16/h3-6H,1-2,7H2,(H2,14,15,16). The van der Waals surface area contributed by atoms with E-state index in [-0.39, 0.29) is 12.2 Å². The lowest BCUT2D eigenvalue weighted by molar-refractivity contribution is -0.0500. The Morgan fingerprint density at radius 1 is 1.05 bits per heavy atom. The van der Waals surface area contributed by atoms with Crippen LogP contribution in [-0.4, -0.2) is 28.1 Å². The number of sulfonamides is 1. The van der Waals surface area contributed by atoms with Gasteiger partial charge in [0.2, 0.25) is 10.0 Å². The molecule has 0 aliphatic carbocycles. The largest absolute Gasteiger partial charge is 0.534 e. The Kier molecular flexibility index (Phi) is 5.23. The van der Waals surface area contributed by atoms with Crippen LogP contribution >= 0.6 is 0 Å². The van der Waals surface area contributed by atoms with Crippen LogP contribution in [0.1, 0.15) is 12.0 Å². The maximum absolute atomic E-state index is 12.1. The van der Waals surface area contributed by atoms with Gasteiger partial charge in [-0.1, -0.05) is 12.1 Å². The molecule has 0 aliphatic rings. The van der Waals surface area contributed by atoms with Gasteiger partial charge in [-0.25, -0.2) is 13.6 Å². The smallest absolute Gasteiger partial charge is 0.376 e. The van der Waals surface area contributed by atoms with E-state index in [1.165, 1.54) is 12.1 Å². The number of aryl methyl sites for hydroxylation is 1. The molecule has 0 spiro atoms. The quantitative estimate of drug-likeness (QED) is 0.614. The van der Waals surface area contributed by atoms with Crippen molar-refractivity contribution >= 4 is 20.1 Å². The molecule has 0 unspecified atom stereocenters. The van der Waals surface area contributed by atoms with E-state index < -0.39 is 31.4 Å². The van der Waals surface area contributed by atoms with E-state index in [4.69, 9.17) is 5.14 Å². The molecule has 1 aromatic rings. The van der Waals surface area contributed by atoms with Crippen molar-refractivity contribution in [3.63, 3.8) is 0 Å². The SMILES string of the molecule is NS(=O)(=O)CCCc1ccc(OS(=O)(=O)C(F)(F)F)cc1. The average Bonchev–Trinajstić information content (AvgIpc) is 2.28. The predicted octanol–water partition coefficient (Wildman–Crippen LogP) is 1.14. The van der Waals surface area contributed by atoms with Gasteiger partial charge >= 0.3 is 15.6 Å². The summed E-state index contributed by atoms with van der Waals surface area (Å²) in [6.45, 7) is 0. The summed E-state index contributed by atoms with van der Waals surface area (Å²) in [6, 6.07) is 4.78. The van der Waals surface area contributed by atoms with Gasteiger partial charge in [0.05, 0.1) is 5.75 Å². The monoisotopic (exact) mass is 347 g/mol. The van der Waals surface area contributed by atoms with Gasteiger partial charge in [-0.2, -0.15) is 21.6 Å². The van der Waals surface area contributed by atoms with Crippen molar-refractivity contribution in [2.75, 3.05) is 5.75 Å². The van der Waals surface area contributed by atoms with E-state index >= 15 is 0 Å². The average molecular weight is 347 g/mol. The number of hydrogen-bond donors (Lipinski definition) is 1. The van der Waals surface area contributed by atoms with Crippen molar-refractivity contribution in [3.8, 4) is 5.75 Å². The van der Waals surface area contributed by atoms with E-state index in [1.54, 1.807) is 0 Å². The molecular formula is C10H12F3NO5S2. The second-order valence-electron chi connectivity index (χ2n) is 4.10. The van der Waals surface area contributed by atoms with Crippen molar-refractivity contribution in [1.29, 1.82) is 0 Å². The van der Waals surface area contributed by atoms with Crippen LogP contribution in [0.5, 0.6) is 5.75 Å². The molecule has 120 valence electrons. The van der Waals surface area contributed by atoms with Crippen molar-refractivity contribution in [2.24, 2.45) is 5.14 Å². The lowest BCUT2D eigenvalue weighted by Crippen LogP contribution is -2.28. The van der Waals surface area contributed by atoms with Crippen LogP contribution in [0.3, 0.4) is 0 Å². The summed E-state index contributed by atoms with van der Waals surface area (Å²) < 4.78 is 83.1. The topological polar surface area (TPSA) is 104 Å². The van der Waals surface area contributed by atoms with Gasteiger partial charge in [-0.3, -0.25) is 0 Å². The molecule has 2 N–H and O–H groups in total. The minimum Gasteiger partial charge on any atom is -0.376 e. The zero-order valence-electron chi connectivity index (χ0n) is 10.5. The highest BCUT2D eigenvalue weighted by Crippen LogP contribution is 2.27. The lowest BCUT2D eigenvalue weighted by atomic mass is 10.1. The molecule has 0 aromatic heterocycles. The first-order chi connectivity index (χ1) is 9.41. The van der Waals surface area contributed by atoms with Crippen molar-refractivity contribution in [2.45, 2.75) is 18.3 Å². The molecule has 0 fully saturated rings. The number of nitrogens with two attached hydrogens (primary N) is 1. The third-order valence-corrected chi connectivity index (χ3v) is 4.14. The zero-order chi connectivity index (χ0) is 16.3. The number of primary sulfonamides is 1. The molecule has 21 heavy (non-hydrogen) atoms. The first-order valence-electron chi connectivity index (χ1n) is 5.51. The molecule has 6 nitrogen and oxygen atoms in total. The number of halogens is 3. The first kappa shape index (κ1) is 17.7. The summed E-state index contributed by atoms with van der Waals surface area (Å²) in [7, 11) is -9.27. The van der Waals surface area contributed by atoms with Crippen LogP contribution < -0.4 is 9.32 Å². The van der Waals surface area contributed by atoms with Gasteiger partial charge < -0.3 is 4.18 Å². The fraction of sp³-hybridized carbons (Fsp3) is 0.400. The molecule has 0 heterocycles. The highest BCUT2D eigenvalue weighted by atomic mass is 32.2. The lowest BCUT2D eigenvalue weighted by Gasteiger charge is -2.09. The molecule has 0 saturated heterocycles. The second kappa shape index (κ2) is 6.20. The van der Waals surface area contributed by atoms with E-state index in [0.717, 1.165) is 12.1 Å². The van der Waals surface area contributed by atoms with E-state index in [1.807, 2.05) is 0 Å². The predicted molar refractivity (Wildman–Crippen MR) is 68.3 cm³/mol. The molecule has 0 saturated carbocycles. The molecular weight excluding hydrogens is 335 g/mol. The minimum absolute atomic E-state index is 0.228. The van der Waals surface area contributed by atoms with Crippen molar-refractivity contribution < 1.29 is 34.2 Å². The van der Waals surface area contributed by atoms with E-state index in [2.05, 4.69) is 4.18 Å². The molecule has 0 amide bonds. The molecule has 0 aliphatic heterocycles. The minimum atomic E-state index is -5.70. The normalized spacial score (nSPS) is 13.1. The van der Waals surface area contributed by atoms with Crippen LogP contribution in [-0.2, 0) is 26.6 Å². The Balaban J connectivity index is 2.67. The zero-order valence-corrected chi connectivity index (χ0v) is 12.1. The maximum Gasteiger partial charge on any atom is 0.534 e. The van der Waals surface area contributed by atoms with Crippen LogP contribution in [0, 0.1) is 0 Å². The maximum atomic E-state index is 12.1. The van der Waals surface area contributed by atoms with Crippen LogP contribution in [0.4, 0.5) is 13.2 Å². The number of alkyl halides is 3. The number of hydrogen-bond acceptors (Lipinski definition) is 5. The highest BCUT2D eigenvalue weighted by molar-refractivity contribution is 7.89. The van der Waals surface area contributed by atoms with Gasteiger partial charge in [-0.15, -0.1) is 0 Å². The summed E-state index contributed by atoms with van der Waals surface area (Å²) in [4.78, 5) is 0. The number of benzene rings is 1. The molecule has 11 heteroatoms. The Hall–Kier alpha value is -1.33. The third kappa shape index (κ3) is 5.89. The van der Waals surface area contributed by atoms with Gasteiger partial charge in [0.25, 0.3) is 0 Å². The van der Waals surface area contributed by atoms with Gasteiger partial charge in [0, 0.05) is 0 Å². The molecule has 0 atom stereocenters. The third-order valence-electron chi connectivity index (χ3n) is 2.31. The van der Waals surface area contributed by atoms with Crippen molar-refractivity contribution in [1.82, 2.24) is 0 Å². The molecule has 0 bridgehead atoms. The van der Waals surface area contributed by atoms with Crippen molar-refractivity contribution in [3.05, 3.63) is 29.8 Å². The fourth-order valence-corrected chi connectivity index (χ4v) is 2.37. The summed E-state index contributed by atoms with van der Waals surface area (Å²) in [5.74, 6) is -0.712. The molecule has 1 aromatic carbocycles. The summed E-state index contributed by atoms with van der Waals surface area (Å²) in [5.41, 5.74) is -4.89. The second-order valence-corrected chi connectivity index (χ2v) is 7.37. The van der Waals surface area contributed by atoms with Gasteiger partial charge in [0.15, 0.2) is 0 Å². The van der Waals surface area contributed by atoms with Crippen LogP contribution in [0.2, 0.25) is 0 Å². The fourth-order valence-electron chi connectivity index (χ4n) is 1.36. The summed E-state index contributed by atoms with van der Waals surface area (Å²) in [5, 5.41) is 4.81. The number of rotatable bonds is 6. The Labute approximate surface area is 119 Å². The Morgan fingerprint density at radius 3 is 2.00 bits per heavy atom. The highest BCUT2D eigenvalue weighted by Gasteiger charge is 2.48. The van der Waals surface area contributed by atoms with Crippen LogP contribution in [0.15, 0.2) is 24.3 Å².